The smallest absolute Gasteiger partial charge is 0.326 e. The molecule has 1 atom stereocenters. The minimum absolute atomic E-state index is 0.0277. The van der Waals surface area contributed by atoms with Crippen LogP contribution in [0.3, 0.4) is 0 Å². The Hall–Kier alpha value is -2.89. The number of rotatable bonds is 8. The summed E-state index contributed by atoms with van der Waals surface area (Å²) in [7, 11) is 0. The molecule has 0 saturated heterocycles. The van der Waals surface area contributed by atoms with Gasteiger partial charge in [0.05, 0.1) is 12.1 Å². The second-order valence-electron chi connectivity index (χ2n) is 5.39. The third-order valence-corrected chi connectivity index (χ3v) is 3.53. The number of carbonyl (C=O) groups is 2. The van der Waals surface area contributed by atoms with Crippen LogP contribution >= 0.6 is 0 Å². The molecular weight excluding hydrogens is 308 g/mol. The van der Waals surface area contributed by atoms with Gasteiger partial charge in [0.15, 0.2) is 0 Å². The van der Waals surface area contributed by atoms with Crippen LogP contribution in [0.25, 0.3) is 11.5 Å². The maximum absolute atomic E-state index is 12.1. The Morgan fingerprint density at radius 1 is 1.38 bits per heavy atom. The molecule has 1 amide bonds. The number of amides is 1. The summed E-state index contributed by atoms with van der Waals surface area (Å²) in [6, 6.07) is 8.44. The van der Waals surface area contributed by atoms with Crippen LogP contribution in [-0.2, 0) is 16.0 Å². The molecule has 0 radical (unpaired) electrons. The number of aliphatic carboxylic acids is 1. The van der Waals surface area contributed by atoms with E-state index in [1.165, 1.54) is 0 Å². The molecule has 126 valence electrons. The maximum atomic E-state index is 12.1. The molecule has 0 aliphatic heterocycles. The van der Waals surface area contributed by atoms with Crippen LogP contribution < -0.4 is 5.32 Å². The molecule has 0 spiro atoms. The highest BCUT2D eigenvalue weighted by Gasteiger charge is 2.21. The molecule has 0 bridgehead atoms. The Morgan fingerprint density at radius 2 is 2.08 bits per heavy atom. The third-order valence-electron chi connectivity index (χ3n) is 3.53. The van der Waals surface area contributed by atoms with Crippen molar-refractivity contribution in [3.8, 4) is 11.5 Å². The predicted molar refractivity (Wildman–Crippen MR) is 89.4 cm³/mol. The van der Waals surface area contributed by atoms with Crippen molar-refractivity contribution in [2.45, 2.75) is 32.2 Å². The lowest BCUT2D eigenvalue weighted by Crippen LogP contribution is -2.41. The average molecular weight is 328 g/mol. The van der Waals surface area contributed by atoms with E-state index in [4.69, 9.17) is 9.52 Å². The van der Waals surface area contributed by atoms with E-state index in [9.17, 15) is 9.59 Å². The first-order valence-electron chi connectivity index (χ1n) is 7.66. The largest absolute Gasteiger partial charge is 0.480 e. The highest BCUT2D eigenvalue weighted by molar-refractivity contribution is 5.84. The summed E-state index contributed by atoms with van der Waals surface area (Å²) >= 11 is 0. The van der Waals surface area contributed by atoms with Crippen molar-refractivity contribution < 1.29 is 19.1 Å². The summed E-state index contributed by atoms with van der Waals surface area (Å²) in [6.07, 6.45) is 2.41. The van der Waals surface area contributed by atoms with E-state index in [0.717, 1.165) is 5.56 Å². The van der Waals surface area contributed by atoms with Crippen molar-refractivity contribution in [3.05, 3.63) is 54.4 Å². The number of carboxylic acid groups (broad SMARTS) is 1. The number of nitrogens with zero attached hydrogens (tertiary/aromatic N) is 1. The number of aromatic nitrogens is 1. The summed E-state index contributed by atoms with van der Waals surface area (Å²) in [5, 5.41) is 11.6. The van der Waals surface area contributed by atoms with E-state index in [1.807, 2.05) is 30.3 Å². The number of hydrogen-bond acceptors (Lipinski definition) is 4. The molecule has 2 rings (SSSR count). The minimum atomic E-state index is -1.06. The van der Waals surface area contributed by atoms with Crippen LogP contribution in [0.2, 0.25) is 0 Å². The van der Waals surface area contributed by atoms with Crippen molar-refractivity contribution in [1.82, 2.24) is 10.3 Å². The molecule has 0 aliphatic carbocycles. The van der Waals surface area contributed by atoms with Crippen molar-refractivity contribution in [1.29, 1.82) is 0 Å². The lowest BCUT2D eigenvalue weighted by atomic mass is 10.1. The highest BCUT2D eigenvalue weighted by Crippen LogP contribution is 2.21. The van der Waals surface area contributed by atoms with Crippen LogP contribution in [0.5, 0.6) is 0 Å². The molecule has 0 fully saturated rings. The SMILES string of the molecule is C=CCCC(NC(=O)Cc1nc(-c2ccccc2)oc1C)C(=O)O. The second-order valence-corrected chi connectivity index (χ2v) is 5.39. The van der Waals surface area contributed by atoms with Gasteiger partial charge in [0.25, 0.3) is 0 Å². The fourth-order valence-electron chi connectivity index (χ4n) is 2.24. The van der Waals surface area contributed by atoms with Crippen LogP contribution in [0, 0.1) is 6.92 Å². The lowest BCUT2D eigenvalue weighted by molar-refractivity contribution is -0.141. The molecule has 1 aromatic carbocycles. The van der Waals surface area contributed by atoms with E-state index < -0.39 is 17.9 Å². The molecule has 2 N–H and O–H groups in total. The van der Waals surface area contributed by atoms with Gasteiger partial charge in [0.1, 0.15) is 11.8 Å². The molecule has 0 saturated carbocycles. The van der Waals surface area contributed by atoms with Gasteiger partial charge in [0, 0.05) is 5.56 Å². The fraction of sp³-hybridized carbons (Fsp3) is 0.278. The molecule has 6 nitrogen and oxygen atoms in total. The first-order chi connectivity index (χ1) is 11.5. The first-order valence-corrected chi connectivity index (χ1v) is 7.66. The lowest BCUT2D eigenvalue weighted by Gasteiger charge is -2.13. The zero-order valence-electron chi connectivity index (χ0n) is 13.5. The Morgan fingerprint density at radius 3 is 2.71 bits per heavy atom. The maximum Gasteiger partial charge on any atom is 0.326 e. The van der Waals surface area contributed by atoms with Gasteiger partial charge < -0.3 is 14.8 Å². The second kappa shape index (κ2) is 8.10. The van der Waals surface area contributed by atoms with E-state index in [0.29, 0.717) is 30.2 Å². The summed E-state index contributed by atoms with van der Waals surface area (Å²) in [5.41, 5.74) is 1.32. The molecular formula is C18H20N2O4. The van der Waals surface area contributed by atoms with Crippen molar-refractivity contribution in [3.63, 3.8) is 0 Å². The Kier molecular flexibility index (Phi) is 5.89. The summed E-state index contributed by atoms with van der Waals surface area (Å²) < 4.78 is 5.60. The molecule has 24 heavy (non-hydrogen) atoms. The fourth-order valence-corrected chi connectivity index (χ4v) is 2.24. The first kappa shape index (κ1) is 17.5. The zero-order chi connectivity index (χ0) is 17.5. The summed E-state index contributed by atoms with van der Waals surface area (Å²) in [6.45, 7) is 5.28. The summed E-state index contributed by atoms with van der Waals surface area (Å²) in [5.74, 6) is -0.478. The van der Waals surface area contributed by atoms with Crippen LogP contribution in [0.15, 0.2) is 47.4 Å². The van der Waals surface area contributed by atoms with Gasteiger partial charge in [0.2, 0.25) is 11.8 Å². The van der Waals surface area contributed by atoms with Crippen LogP contribution in [0.4, 0.5) is 0 Å². The number of hydrogen-bond donors (Lipinski definition) is 2. The highest BCUT2D eigenvalue weighted by atomic mass is 16.4. The summed E-state index contributed by atoms with van der Waals surface area (Å²) in [4.78, 5) is 27.6. The van der Waals surface area contributed by atoms with E-state index in [-0.39, 0.29) is 6.42 Å². The Bertz CT molecular complexity index is 722. The van der Waals surface area contributed by atoms with Crippen molar-refractivity contribution in [2.75, 3.05) is 0 Å². The van der Waals surface area contributed by atoms with Gasteiger partial charge in [-0.3, -0.25) is 4.79 Å². The van der Waals surface area contributed by atoms with E-state index in [1.54, 1.807) is 13.0 Å². The van der Waals surface area contributed by atoms with Crippen molar-refractivity contribution in [2.24, 2.45) is 0 Å². The number of oxazole rings is 1. The topological polar surface area (TPSA) is 92.4 Å². The van der Waals surface area contributed by atoms with Crippen LogP contribution in [-0.4, -0.2) is 28.0 Å². The van der Waals surface area contributed by atoms with Gasteiger partial charge in [-0.25, -0.2) is 9.78 Å². The van der Waals surface area contributed by atoms with Gasteiger partial charge in [-0.05, 0) is 31.9 Å². The number of allylic oxidation sites excluding steroid dienone is 1. The zero-order valence-corrected chi connectivity index (χ0v) is 13.5. The molecule has 0 aliphatic rings. The molecule has 6 heteroatoms. The average Bonchev–Trinajstić information content (AvgIpc) is 2.93. The van der Waals surface area contributed by atoms with Gasteiger partial charge >= 0.3 is 5.97 Å². The minimum Gasteiger partial charge on any atom is -0.480 e. The van der Waals surface area contributed by atoms with Crippen molar-refractivity contribution >= 4 is 11.9 Å². The predicted octanol–water partition coefficient (Wildman–Crippen LogP) is 2.73. The van der Waals surface area contributed by atoms with Crippen LogP contribution in [0.1, 0.15) is 24.3 Å². The normalized spacial score (nSPS) is 11.7. The molecule has 1 unspecified atom stereocenters. The standard InChI is InChI=1S/C18H20N2O4/c1-3-4-10-14(18(22)23)19-16(21)11-15-12(2)24-17(20-15)13-8-6-5-7-9-13/h3,5-9,14H,1,4,10-11H2,2H3,(H,19,21)(H,22,23). The Labute approximate surface area is 140 Å². The quantitative estimate of drug-likeness (QED) is 0.727. The Balaban J connectivity index is 2.05. The number of benzene rings is 1. The number of aryl methyl sites for hydroxylation is 1. The third kappa shape index (κ3) is 4.55. The monoisotopic (exact) mass is 328 g/mol. The van der Waals surface area contributed by atoms with Gasteiger partial charge in [-0.15, -0.1) is 6.58 Å². The van der Waals surface area contributed by atoms with E-state index in [2.05, 4.69) is 16.9 Å². The number of carboxylic acids is 1. The number of nitrogens with one attached hydrogen (secondary N) is 1. The molecule has 1 heterocycles. The molecule has 2 aromatic rings. The van der Waals surface area contributed by atoms with E-state index >= 15 is 0 Å². The molecule has 1 aromatic heterocycles. The van der Waals surface area contributed by atoms with Gasteiger partial charge in [-0.1, -0.05) is 24.3 Å². The van der Waals surface area contributed by atoms with Gasteiger partial charge in [-0.2, -0.15) is 0 Å². The number of carbonyl (C=O) groups excluding carboxylic acids is 1.